The van der Waals surface area contributed by atoms with Crippen molar-refractivity contribution in [2.24, 2.45) is 0 Å². The molecule has 1 amide bonds. The number of carbonyl (C=O) groups is 1. The molecular weight excluding hydrogens is 419 g/mol. The molecule has 7 nitrogen and oxygen atoms in total. The van der Waals surface area contributed by atoms with Crippen LogP contribution in [0.5, 0.6) is 0 Å². The standard InChI is InChI=1S/C22H29FN4O3S/c1-17-7-8-20(16-21(17)23)31(29,30)25-19-6-3-5-18(15-19)22(28)24-9-4-10-27-13-11-26(2)12-14-27/h3,5-8,15-16,25H,4,9-14H2,1-2H3,(H,24,28). The maximum Gasteiger partial charge on any atom is 0.261 e. The van der Waals surface area contributed by atoms with Crippen LogP contribution in [-0.4, -0.2) is 70.4 Å². The lowest BCUT2D eigenvalue weighted by Crippen LogP contribution is -2.45. The van der Waals surface area contributed by atoms with E-state index in [0.29, 0.717) is 17.7 Å². The van der Waals surface area contributed by atoms with Crippen LogP contribution in [0, 0.1) is 12.7 Å². The Morgan fingerprint density at radius 2 is 1.84 bits per heavy atom. The minimum atomic E-state index is -3.96. The van der Waals surface area contributed by atoms with Gasteiger partial charge in [-0.15, -0.1) is 0 Å². The van der Waals surface area contributed by atoms with Crippen LogP contribution in [0.3, 0.4) is 0 Å². The minimum Gasteiger partial charge on any atom is -0.352 e. The van der Waals surface area contributed by atoms with Gasteiger partial charge in [0.05, 0.1) is 4.90 Å². The Hall–Kier alpha value is -2.49. The van der Waals surface area contributed by atoms with Crippen molar-refractivity contribution < 1.29 is 17.6 Å². The summed E-state index contributed by atoms with van der Waals surface area (Å²) in [6, 6.07) is 9.98. The second-order valence-corrected chi connectivity index (χ2v) is 9.53. The molecule has 0 radical (unpaired) electrons. The van der Waals surface area contributed by atoms with Gasteiger partial charge in [0, 0.05) is 44.0 Å². The first-order chi connectivity index (χ1) is 14.7. The number of anilines is 1. The topological polar surface area (TPSA) is 81.7 Å². The molecule has 1 heterocycles. The zero-order chi connectivity index (χ0) is 22.4. The van der Waals surface area contributed by atoms with E-state index in [2.05, 4.69) is 26.9 Å². The molecule has 3 rings (SSSR count). The summed E-state index contributed by atoms with van der Waals surface area (Å²) in [5, 5.41) is 2.88. The van der Waals surface area contributed by atoms with Gasteiger partial charge in [-0.25, -0.2) is 12.8 Å². The molecule has 2 aromatic carbocycles. The van der Waals surface area contributed by atoms with E-state index in [1.165, 1.54) is 18.2 Å². The van der Waals surface area contributed by atoms with Crippen LogP contribution in [0.2, 0.25) is 0 Å². The quantitative estimate of drug-likeness (QED) is 0.606. The number of halogens is 1. The molecule has 168 valence electrons. The Morgan fingerprint density at radius 1 is 1.10 bits per heavy atom. The Balaban J connectivity index is 1.54. The average molecular weight is 449 g/mol. The average Bonchev–Trinajstić information content (AvgIpc) is 2.74. The van der Waals surface area contributed by atoms with E-state index < -0.39 is 15.8 Å². The van der Waals surface area contributed by atoms with Crippen LogP contribution in [0.25, 0.3) is 0 Å². The van der Waals surface area contributed by atoms with Crippen molar-refractivity contribution in [2.45, 2.75) is 18.2 Å². The summed E-state index contributed by atoms with van der Waals surface area (Å²) in [6.07, 6.45) is 0.848. The minimum absolute atomic E-state index is 0.172. The molecule has 1 aliphatic heterocycles. The van der Waals surface area contributed by atoms with Crippen molar-refractivity contribution in [2.75, 3.05) is 51.0 Å². The van der Waals surface area contributed by atoms with Crippen LogP contribution >= 0.6 is 0 Å². The number of carbonyl (C=O) groups excluding carboxylic acids is 1. The molecule has 0 saturated carbocycles. The van der Waals surface area contributed by atoms with Gasteiger partial charge in [0.15, 0.2) is 0 Å². The van der Waals surface area contributed by atoms with Crippen molar-refractivity contribution >= 4 is 21.6 Å². The largest absolute Gasteiger partial charge is 0.352 e. The Morgan fingerprint density at radius 3 is 2.55 bits per heavy atom. The molecular formula is C22H29FN4O3S. The van der Waals surface area contributed by atoms with Crippen LogP contribution in [0.1, 0.15) is 22.3 Å². The number of benzene rings is 2. The summed E-state index contributed by atoms with van der Waals surface area (Å²) in [5.74, 6) is -0.853. The van der Waals surface area contributed by atoms with Gasteiger partial charge in [-0.3, -0.25) is 9.52 Å². The number of amides is 1. The SMILES string of the molecule is Cc1ccc(S(=O)(=O)Nc2cccc(C(=O)NCCCN3CCN(C)CC3)c2)cc1F. The maximum absolute atomic E-state index is 13.8. The number of piperazine rings is 1. The molecule has 2 N–H and O–H groups in total. The Labute approximate surface area is 183 Å². The van der Waals surface area contributed by atoms with Gasteiger partial charge in [-0.05, 0) is 62.8 Å². The summed E-state index contributed by atoms with van der Waals surface area (Å²) < 4.78 is 41.2. The Kier molecular flexibility index (Phi) is 7.64. The molecule has 1 saturated heterocycles. The molecule has 1 fully saturated rings. The fraction of sp³-hybridized carbons (Fsp3) is 0.409. The highest BCUT2D eigenvalue weighted by atomic mass is 32.2. The lowest BCUT2D eigenvalue weighted by atomic mass is 10.2. The predicted octanol–water partition coefficient (Wildman–Crippen LogP) is 2.30. The highest BCUT2D eigenvalue weighted by Gasteiger charge is 2.17. The molecule has 2 aromatic rings. The third-order valence-corrected chi connectivity index (χ3v) is 6.74. The first-order valence-corrected chi connectivity index (χ1v) is 11.8. The zero-order valence-corrected chi connectivity index (χ0v) is 18.7. The molecule has 0 bridgehead atoms. The number of rotatable bonds is 8. The number of nitrogens with zero attached hydrogens (tertiary/aromatic N) is 2. The molecule has 0 aromatic heterocycles. The Bertz CT molecular complexity index is 1020. The molecule has 0 unspecified atom stereocenters. The highest BCUT2D eigenvalue weighted by Crippen LogP contribution is 2.19. The first kappa shape index (κ1) is 23.2. The molecule has 0 atom stereocenters. The normalized spacial score (nSPS) is 15.6. The lowest BCUT2D eigenvalue weighted by molar-refractivity contribution is 0.0949. The van der Waals surface area contributed by atoms with Crippen LogP contribution < -0.4 is 10.0 Å². The van der Waals surface area contributed by atoms with Gasteiger partial charge < -0.3 is 15.1 Å². The van der Waals surface area contributed by atoms with Crippen LogP contribution in [0.4, 0.5) is 10.1 Å². The van der Waals surface area contributed by atoms with E-state index in [1.807, 2.05) is 0 Å². The molecule has 9 heteroatoms. The van der Waals surface area contributed by atoms with E-state index in [4.69, 9.17) is 0 Å². The second kappa shape index (κ2) is 10.2. The van der Waals surface area contributed by atoms with Crippen molar-refractivity contribution in [1.29, 1.82) is 0 Å². The fourth-order valence-corrected chi connectivity index (χ4v) is 4.42. The number of aryl methyl sites for hydroxylation is 1. The fourth-order valence-electron chi connectivity index (χ4n) is 3.36. The van der Waals surface area contributed by atoms with Gasteiger partial charge in [0.2, 0.25) is 0 Å². The zero-order valence-electron chi connectivity index (χ0n) is 17.9. The van der Waals surface area contributed by atoms with Gasteiger partial charge in [-0.2, -0.15) is 0 Å². The summed E-state index contributed by atoms with van der Waals surface area (Å²) in [5.41, 5.74) is 0.964. The van der Waals surface area contributed by atoms with Crippen molar-refractivity contribution in [3.8, 4) is 0 Å². The smallest absolute Gasteiger partial charge is 0.261 e. The summed E-state index contributed by atoms with van der Waals surface area (Å²) in [4.78, 5) is 17.0. The number of sulfonamides is 1. The number of hydrogen-bond acceptors (Lipinski definition) is 5. The number of likely N-dealkylation sites (N-methyl/N-ethyl adjacent to an activating group) is 1. The van der Waals surface area contributed by atoms with Gasteiger partial charge in [0.1, 0.15) is 5.82 Å². The van der Waals surface area contributed by atoms with Crippen molar-refractivity contribution in [3.63, 3.8) is 0 Å². The third-order valence-electron chi connectivity index (χ3n) is 5.36. The highest BCUT2D eigenvalue weighted by molar-refractivity contribution is 7.92. The molecule has 0 spiro atoms. The second-order valence-electron chi connectivity index (χ2n) is 7.85. The predicted molar refractivity (Wildman–Crippen MR) is 119 cm³/mol. The third kappa shape index (κ3) is 6.49. The van der Waals surface area contributed by atoms with E-state index in [-0.39, 0.29) is 16.5 Å². The van der Waals surface area contributed by atoms with Crippen molar-refractivity contribution in [3.05, 3.63) is 59.4 Å². The van der Waals surface area contributed by atoms with E-state index in [1.54, 1.807) is 25.1 Å². The molecule has 0 aliphatic carbocycles. The maximum atomic E-state index is 13.8. The number of nitrogens with one attached hydrogen (secondary N) is 2. The van der Waals surface area contributed by atoms with Gasteiger partial charge >= 0.3 is 0 Å². The first-order valence-electron chi connectivity index (χ1n) is 10.3. The van der Waals surface area contributed by atoms with E-state index >= 15 is 0 Å². The monoisotopic (exact) mass is 448 g/mol. The lowest BCUT2D eigenvalue weighted by Gasteiger charge is -2.32. The van der Waals surface area contributed by atoms with Crippen LogP contribution in [-0.2, 0) is 10.0 Å². The van der Waals surface area contributed by atoms with E-state index in [0.717, 1.165) is 45.2 Å². The summed E-state index contributed by atoms with van der Waals surface area (Å²) in [7, 11) is -1.85. The molecule has 1 aliphatic rings. The summed E-state index contributed by atoms with van der Waals surface area (Å²) in [6.45, 7) is 7.24. The van der Waals surface area contributed by atoms with Gasteiger partial charge in [0.25, 0.3) is 15.9 Å². The van der Waals surface area contributed by atoms with Crippen molar-refractivity contribution in [1.82, 2.24) is 15.1 Å². The molecule has 31 heavy (non-hydrogen) atoms. The van der Waals surface area contributed by atoms with E-state index in [9.17, 15) is 17.6 Å². The number of hydrogen-bond donors (Lipinski definition) is 2. The van der Waals surface area contributed by atoms with Gasteiger partial charge in [-0.1, -0.05) is 12.1 Å². The van der Waals surface area contributed by atoms with Crippen LogP contribution in [0.15, 0.2) is 47.4 Å². The summed E-state index contributed by atoms with van der Waals surface area (Å²) >= 11 is 0.